The van der Waals surface area contributed by atoms with Gasteiger partial charge in [0.15, 0.2) is 17.3 Å². The molecule has 2 amide bonds. The Morgan fingerprint density at radius 2 is 1.83 bits per heavy atom. The number of carbonyl (C=O) groups is 3. The summed E-state index contributed by atoms with van der Waals surface area (Å²) in [4.78, 5) is 40.3. The molecule has 1 N–H and O–H groups in total. The van der Waals surface area contributed by atoms with Gasteiger partial charge in [-0.15, -0.1) is 0 Å². The zero-order chi connectivity index (χ0) is 21.2. The third-order valence-corrected chi connectivity index (χ3v) is 4.46. The highest BCUT2D eigenvalue weighted by Crippen LogP contribution is 2.37. The third-order valence-electron chi connectivity index (χ3n) is 4.46. The molecule has 0 aromatic heterocycles. The number of nitrogens with one attached hydrogen (secondary N) is 1. The number of Topliss-reactive ketones (excluding diaryl/α,β-unsaturated/α-hetero) is 1. The third kappa shape index (κ3) is 5.38. The van der Waals surface area contributed by atoms with Crippen LogP contribution in [0.25, 0.3) is 0 Å². The molecule has 0 bridgehead atoms. The Labute approximate surface area is 169 Å². The normalized spacial score (nSPS) is 16.5. The molecule has 1 saturated heterocycles. The summed E-state index contributed by atoms with van der Waals surface area (Å²) < 4.78 is 16.0. The van der Waals surface area contributed by atoms with Gasteiger partial charge in [-0.05, 0) is 40.2 Å². The first kappa shape index (κ1) is 20.9. The van der Waals surface area contributed by atoms with Crippen LogP contribution in [-0.4, -0.2) is 66.3 Å². The number of ether oxygens (including phenoxy) is 3. The Kier molecular flexibility index (Phi) is 5.97. The summed E-state index contributed by atoms with van der Waals surface area (Å²) in [5.74, 6) is 0.502. The van der Waals surface area contributed by atoms with E-state index in [1.807, 2.05) is 25.7 Å². The number of anilines is 1. The fraction of sp³-hybridized carbons (Fsp3) is 0.550. The van der Waals surface area contributed by atoms with Gasteiger partial charge in [0.1, 0.15) is 5.60 Å². The summed E-state index contributed by atoms with van der Waals surface area (Å²) in [5.41, 5.74) is 0.170. The Bertz CT molecular complexity index is 817. The quantitative estimate of drug-likeness (QED) is 0.769. The zero-order valence-electron chi connectivity index (χ0n) is 17.2. The maximum atomic E-state index is 12.6. The summed E-state index contributed by atoms with van der Waals surface area (Å²) >= 11 is 0. The Hall–Kier alpha value is -2.81. The fourth-order valence-electron chi connectivity index (χ4n) is 3.20. The summed E-state index contributed by atoms with van der Waals surface area (Å²) in [7, 11) is 0. The van der Waals surface area contributed by atoms with E-state index in [9.17, 15) is 14.4 Å². The second-order valence-electron chi connectivity index (χ2n) is 8.15. The van der Waals surface area contributed by atoms with Gasteiger partial charge in [0, 0.05) is 24.7 Å². The van der Waals surface area contributed by atoms with Gasteiger partial charge >= 0.3 is 6.09 Å². The predicted molar refractivity (Wildman–Crippen MR) is 105 cm³/mol. The molecule has 0 aliphatic carbocycles. The van der Waals surface area contributed by atoms with Crippen molar-refractivity contribution in [1.82, 2.24) is 9.80 Å². The van der Waals surface area contributed by atoms with Gasteiger partial charge in [0.2, 0.25) is 12.7 Å². The number of fused-ring (bicyclic) bond motifs is 1. The highest BCUT2D eigenvalue weighted by Gasteiger charge is 2.28. The van der Waals surface area contributed by atoms with Gasteiger partial charge in [-0.25, -0.2) is 4.79 Å². The van der Waals surface area contributed by atoms with Crippen LogP contribution >= 0.6 is 0 Å². The number of hydrogen-bond acceptors (Lipinski definition) is 7. The first-order valence-corrected chi connectivity index (χ1v) is 9.57. The van der Waals surface area contributed by atoms with E-state index < -0.39 is 11.7 Å². The maximum absolute atomic E-state index is 12.6. The first-order chi connectivity index (χ1) is 13.6. The van der Waals surface area contributed by atoms with Crippen LogP contribution in [0.1, 0.15) is 44.5 Å². The topological polar surface area (TPSA) is 97.4 Å². The summed E-state index contributed by atoms with van der Waals surface area (Å²) in [6.07, 6.45) is 0.354. The van der Waals surface area contributed by atoms with E-state index >= 15 is 0 Å². The van der Waals surface area contributed by atoms with Crippen molar-refractivity contribution in [3.8, 4) is 11.5 Å². The number of benzene rings is 1. The maximum Gasteiger partial charge on any atom is 0.411 e. The molecule has 0 saturated carbocycles. The molecular formula is C20H27N3O6. The molecule has 1 aromatic carbocycles. The zero-order valence-corrected chi connectivity index (χ0v) is 17.2. The molecule has 1 aromatic rings. The SMILES string of the molecule is CC(=O)c1cc2c(cc1NC(=O)CN1CCCN(C(=O)OC(C)(C)C)C1)OCO2. The van der Waals surface area contributed by atoms with Crippen molar-refractivity contribution in [2.45, 2.75) is 39.7 Å². The van der Waals surface area contributed by atoms with E-state index in [-0.39, 0.29) is 25.0 Å². The molecular weight excluding hydrogens is 378 g/mol. The smallest absolute Gasteiger partial charge is 0.411 e. The van der Waals surface area contributed by atoms with Crippen LogP contribution in [0.4, 0.5) is 10.5 Å². The first-order valence-electron chi connectivity index (χ1n) is 9.57. The van der Waals surface area contributed by atoms with E-state index in [1.165, 1.54) is 6.92 Å². The van der Waals surface area contributed by atoms with Gasteiger partial charge in [0.05, 0.1) is 18.9 Å². The van der Waals surface area contributed by atoms with Gasteiger partial charge in [0.25, 0.3) is 0 Å². The van der Waals surface area contributed by atoms with Crippen molar-refractivity contribution in [3.05, 3.63) is 17.7 Å². The van der Waals surface area contributed by atoms with Crippen molar-refractivity contribution < 1.29 is 28.6 Å². The van der Waals surface area contributed by atoms with Gasteiger partial charge in [-0.3, -0.25) is 19.4 Å². The molecule has 3 rings (SSSR count). The van der Waals surface area contributed by atoms with Crippen LogP contribution in [0.2, 0.25) is 0 Å². The van der Waals surface area contributed by atoms with E-state index in [0.29, 0.717) is 42.5 Å². The van der Waals surface area contributed by atoms with Crippen LogP contribution in [0.5, 0.6) is 11.5 Å². The lowest BCUT2D eigenvalue weighted by Crippen LogP contribution is -2.50. The molecule has 0 radical (unpaired) electrons. The number of nitrogens with zero attached hydrogens (tertiary/aromatic N) is 2. The molecule has 0 unspecified atom stereocenters. The minimum absolute atomic E-state index is 0.0817. The molecule has 0 spiro atoms. The van der Waals surface area contributed by atoms with Gasteiger partial charge in [-0.2, -0.15) is 0 Å². The van der Waals surface area contributed by atoms with E-state index in [0.717, 1.165) is 6.42 Å². The van der Waals surface area contributed by atoms with Gasteiger partial charge < -0.3 is 19.5 Å². The van der Waals surface area contributed by atoms with Crippen LogP contribution in [0.3, 0.4) is 0 Å². The van der Waals surface area contributed by atoms with Crippen molar-refractivity contribution in [2.75, 3.05) is 38.4 Å². The van der Waals surface area contributed by atoms with Crippen LogP contribution in [0.15, 0.2) is 12.1 Å². The van der Waals surface area contributed by atoms with Gasteiger partial charge in [-0.1, -0.05) is 0 Å². The van der Waals surface area contributed by atoms with Crippen molar-refractivity contribution >= 4 is 23.5 Å². The monoisotopic (exact) mass is 405 g/mol. The standard InChI is InChI=1S/C20H27N3O6/c1-13(24)14-8-16-17(28-12-27-16)9-15(14)21-18(25)10-22-6-5-7-23(11-22)19(26)29-20(2,3)4/h8-9H,5-7,10-12H2,1-4H3,(H,21,25). The van der Waals surface area contributed by atoms with E-state index in [2.05, 4.69) is 5.32 Å². The minimum Gasteiger partial charge on any atom is -0.454 e. The summed E-state index contributed by atoms with van der Waals surface area (Å²) in [5, 5.41) is 2.78. The molecule has 0 atom stereocenters. The van der Waals surface area contributed by atoms with Crippen molar-refractivity contribution in [1.29, 1.82) is 0 Å². The minimum atomic E-state index is -0.570. The summed E-state index contributed by atoms with van der Waals surface area (Å²) in [6, 6.07) is 3.17. The lowest BCUT2D eigenvalue weighted by molar-refractivity contribution is -0.118. The fourth-order valence-corrected chi connectivity index (χ4v) is 3.20. The molecule has 1 fully saturated rings. The number of carbonyl (C=O) groups excluding carboxylic acids is 3. The van der Waals surface area contributed by atoms with Crippen molar-refractivity contribution in [3.63, 3.8) is 0 Å². The molecule has 9 heteroatoms. The van der Waals surface area contributed by atoms with E-state index in [4.69, 9.17) is 14.2 Å². The number of amides is 2. The average molecular weight is 405 g/mol. The van der Waals surface area contributed by atoms with Crippen molar-refractivity contribution in [2.24, 2.45) is 0 Å². The average Bonchev–Trinajstić information content (AvgIpc) is 3.07. The second kappa shape index (κ2) is 8.28. The lowest BCUT2D eigenvalue weighted by Gasteiger charge is -2.36. The highest BCUT2D eigenvalue weighted by molar-refractivity contribution is 6.05. The largest absolute Gasteiger partial charge is 0.454 e. The van der Waals surface area contributed by atoms with Crippen LogP contribution in [-0.2, 0) is 9.53 Å². The summed E-state index contributed by atoms with van der Waals surface area (Å²) in [6.45, 7) is 8.63. The van der Waals surface area contributed by atoms with Crippen LogP contribution < -0.4 is 14.8 Å². The predicted octanol–water partition coefficient (Wildman–Crippen LogP) is 2.46. The number of hydrogen-bond donors (Lipinski definition) is 1. The Morgan fingerprint density at radius 3 is 2.48 bits per heavy atom. The Balaban J connectivity index is 1.62. The van der Waals surface area contributed by atoms with E-state index in [1.54, 1.807) is 17.0 Å². The molecule has 2 heterocycles. The molecule has 29 heavy (non-hydrogen) atoms. The second-order valence-corrected chi connectivity index (χ2v) is 8.15. The Morgan fingerprint density at radius 1 is 1.14 bits per heavy atom. The molecule has 2 aliphatic rings. The molecule has 9 nitrogen and oxygen atoms in total. The lowest BCUT2D eigenvalue weighted by atomic mass is 10.1. The molecule has 2 aliphatic heterocycles. The molecule has 158 valence electrons. The number of ketones is 1. The highest BCUT2D eigenvalue weighted by atomic mass is 16.7. The van der Waals surface area contributed by atoms with Crippen LogP contribution in [0, 0.1) is 0 Å². The number of rotatable bonds is 4.